The van der Waals surface area contributed by atoms with Crippen LogP contribution in [0.15, 0.2) is 36.4 Å². The maximum atomic E-state index is 6.17. The molecule has 2 aromatic carbocycles. The van der Waals surface area contributed by atoms with Crippen molar-refractivity contribution in [3.8, 4) is 5.75 Å². The second kappa shape index (κ2) is 8.23. The van der Waals surface area contributed by atoms with Gasteiger partial charge in [0, 0.05) is 15.6 Å². The van der Waals surface area contributed by atoms with Gasteiger partial charge in [-0.05, 0) is 54.8 Å². The van der Waals surface area contributed by atoms with Gasteiger partial charge in [0.25, 0.3) is 0 Å². The summed E-state index contributed by atoms with van der Waals surface area (Å²) in [6.45, 7) is 0.665. The Hall–Kier alpha value is -1.48. The van der Waals surface area contributed by atoms with Crippen molar-refractivity contribution >= 4 is 35.4 Å². The van der Waals surface area contributed by atoms with E-state index < -0.39 is 0 Å². The molecule has 2 N–H and O–H groups in total. The van der Waals surface area contributed by atoms with Crippen molar-refractivity contribution in [2.45, 2.75) is 12.8 Å². The van der Waals surface area contributed by atoms with Gasteiger partial charge in [0.1, 0.15) is 5.75 Å². The number of aryl methyl sites for hydroxylation is 1. The Kier molecular flexibility index (Phi) is 6.32. The Morgan fingerprint density at radius 1 is 1.09 bits per heavy atom. The first kappa shape index (κ1) is 16.9. The van der Waals surface area contributed by atoms with E-state index in [1.165, 1.54) is 0 Å². The van der Waals surface area contributed by atoms with E-state index in [0.717, 1.165) is 35.3 Å². The van der Waals surface area contributed by atoms with Crippen LogP contribution in [-0.2, 0) is 6.42 Å². The van der Waals surface area contributed by atoms with Crippen LogP contribution in [0.1, 0.15) is 23.1 Å². The minimum atomic E-state index is 0.639. The van der Waals surface area contributed by atoms with Crippen molar-refractivity contribution in [1.82, 2.24) is 0 Å². The summed E-state index contributed by atoms with van der Waals surface area (Å²) in [6.07, 6.45) is 5.76. The molecule has 0 unspecified atom stereocenters. The lowest BCUT2D eigenvalue weighted by molar-refractivity contribution is 0.409. The Morgan fingerprint density at radius 2 is 1.82 bits per heavy atom. The molecule has 2 aromatic rings. The summed E-state index contributed by atoms with van der Waals surface area (Å²) in [4.78, 5) is 0. The predicted octanol–water partition coefficient (Wildman–Crippen LogP) is 5.06. The van der Waals surface area contributed by atoms with Gasteiger partial charge in [-0.3, -0.25) is 0 Å². The second-order valence-corrected chi connectivity index (χ2v) is 5.75. The number of ether oxygens (including phenoxy) is 1. The van der Waals surface area contributed by atoms with E-state index >= 15 is 0 Å². The fourth-order valence-corrected chi connectivity index (χ4v) is 2.76. The molecule has 4 heteroatoms. The maximum absolute atomic E-state index is 6.17. The molecule has 116 valence electrons. The number of benzene rings is 2. The van der Waals surface area contributed by atoms with Crippen molar-refractivity contribution in [2.75, 3.05) is 13.7 Å². The summed E-state index contributed by atoms with van der Waals surface area (Å²) in [5, 5.41) is 1.28. The number of nitrogens with two attached hydrogens (primary N) is 1. The minimum Gasteiger partial charge on any atom is -0.496 e. The molecule has 0 amide bonds. The molecule has 22 heavy (non-hydrogen) atoms. The van der Waals surface area contributed by atoms with Crippen LogP contribution in [0, 0.1) is 0 Å². The Labute approximate surface area is 141 Å². The molecule has 0 saturated carbocycles. The monoisotopic (exact) mass is 335 g/mol. The van der Waals surface area contributed by atoms with Crippen molar-refractivity contribution < 1.29 is 4.74 Å². The molecule has 0 bridgehead atoms. The Balaban J connectivity index is 2.27. The zero-order valence-electron chi connectivity index (χ0n) is 12.5. The summed E-state index contributed by atoms with van der Waals surface area (Å²) in [5.74, 6) is 0.890. The lowest BCUT2D eigenvalue weighted by atomic mass is 10.0. The first-order chi connectivity index (χ1) is 10.7. The quantitative estimate of drug-likeness (QED) is 0.748. The van der Waals surface area contributed by atoms with E-state index in [0.29, 0.717) is 16.6 Å². The Bertz CT molecular complexity index is 648. The van der Waals surface area contributed by atoms with Gasteiger partial charge in [-0.15, -0.1) is 0 Å². The molecule has 2 nitrogen and oxygen atoms in total. The van der Waals surface area contributed by atoms with Gasteiger partial charge in [-0.25, -0.2) is 0 Å². The molecule has 0 atom stereocenters. The van der Waals surface area contributed by atoms with Crippen LogP contribution < -0.4 is 10.5 Å². The fourth-order valence-electron chi connectivity index (χ4n) is 2.24. The first-order valence-electron chi connectivity index (χ1n) is 7.14. The highest BCUT2D eigenvalue weighted by atomic mass is 35.5. The summed E-state index contributed by atoms with van der Waals surface area (Å²) < 4.78 is 5.39. The molecular weight excluding hydrogens is 317 g/mol. The largest absolute Gasteiger partial charge is 0.496 e. The van der Waals surface area contributed by atoms with Crippen LogP contribution in [0.4, 0.5) is 0 Å². The minimum absolute atomic E-state index is 0.639. The first-order valence-corrected chi connectivity index (χ1v) is 7.90. The molecule has 0 spiro atoms. The summed E-state index contributed by atoms with van der Waals surface area (Å²) in [7, 11) is 1.68. The number of methoxy groups -OCH3 is 1. The molecule has 0 saturated heterocycles. The van der Waals surface area contributed by atoms with Crippen LogP contribution in [0.5, 0.6) is 5.75 Å². The molecule has 0 radical (unpaired) electrons. The highest BCUT2D eigenvalue weighted by Gasteiger charge is 2.04. The number of hydrogen-bond donors (Lipinski definition) is 1. The predicted molar refractivity (Wildman–Crippen MR) is 95.8 cm³/mol. The smallest absolute Gasteiger partial charge is 0.122 e. The molecule has 0 heterocycles. The summed E-state index contributed by atoms with van der Waals surface area (Å²) in [6, 6.07) is 11.6. The van der Waals surface area contributed by atoms with Gasteiger partial charge in [0.2, 0.25) is 0 Å². The highest BCUT2D eigenvalue weighted by molar-refractivity contribution is 6.37. The van der Waals surface area contributed by atoms with Crippen molar-refractivity contribution in [2.24, 2.45) is 5.73 Å². The van der Waals surface area contributed by atoms with E-state index in [1.54, 1.807) is 7.11 Å². The molecule has 0 aromatic heterocycles. The van der Waals surface area contributed by atoms with Crippen molar-refractivity contribution in [3.05, 3.63) is 63.1 Å². The van der Waals surface area contributed by atoms with E-state index in [4.69, 9.17) is 33.7 Å². The average molecular weight is 336 g/mol. The molecule has 2 rings (SSSR count). The number of hydrogen-bond acceptors (Lipinski definition) is 2. The normalized spacial score (nSPS) is 11.1. The van der Waals surface area contributed by atoms with E-state index in [-0.39, 0.29) is 0 Å². The third kappa shape index (κ3) is 4.26. The molecule has 0 aliphatic carbocycles. The summed E-state index contributed by atoms with van der Waals surface area (Å²) >= 11 is 12.3. The lowest BCUT2D eigenvalue weighted by Crippen LogP contribution is -2.01. The van der Waals surface area contributed by atoms with Gasteiger partial charge in [-0.1, -0.05) is 47.5 Å². The number of rotatable bonds is 6. The molecule has 0 aliphatic heterocycles. The van der Waals surface area contributed by atoms with E-state index in [9.17, 15) is 0 Å². The topological polar surface area (TPSA) is 35.2 Å². The van der Waals surface area contributed by atoms with Crippen LogP contribution >= 0.6 is 23.2 Å². The highest BCUT2D eigenvalue weighted by Crippen LogP contribution is 2.27. The second-order valence-electron chi connectivity index (χ2n) is 4.93. The van der Waals surface area contributed by atoms with E-state index in [2.05, 4.69) is 6.07 Å². The van der Waals surface area contributed by atoms with Gasteiger partial charge in [-0.2, -0.15) is 0 Å². The van der Waals surface area contributed by atoms with Crippen LogP contribution in [0.2, 0.25) is 10.0 Å². The third-order valence-electron chi connectivity index (χ3n) is 3.40. The molecule has 0 aliphatic rings. The van der Waals surface area contributed by atoms with Crippen LogP contribution in [0.3, 0.4) is 0 Å². The third-order valence-corrected chi connectivity index (χ3v) is 4.06. The number of halogens is 2. The molecular formula is C18H19Cl2NO. The molecule has 0 fully saturated rings. The SMILES string of the molecule is COc1ccc(C=Cc2c(Cl)cccc2Cl)cc1CCCN. The van der Waals surface area contributed by atoms with Gasteiger partial charge in [0.15, 0.2) is 0 Å². The van der Waals surface area contributed by atoms with E-state index in [1.807, 2.05) is 42.5 Å². The standard InChI is InChI=1S/C18H19Cl2NO/c1-22-18-10-8-13(12-14(18)4-3-11-21)7-9-15-16(19)5-2-6-17(15)20/h2,5-10,12H,3-4,11,21H2,1H3. The zero-order chi connectivity index (χ0) is 15.9. The van der Waals surface area contributed by atoms with Crippen LogP contribution in [0.25, 0.3) is 12.2 Å². The van der Waals surface area contributed by atoms with Crippen LogP contribution in [-0.4, -0.2) is 13.7 Å². The van der Waals surface area contributed by atoms with Gasteiger partial charge in [0.05, 0.1) is 7.11 Å². The lowest BCUT2D eigenvalue weighted by Gasteiger charge is -2.09. The van der Waals surface area contributed by atoms with Crippen molar-refractivity contribution in [3.63, 3.8) is 0 Å². The average Bonchev–Trinajstić information content (AvgIpc) is 2.52. The Morgan fingerprint density at radius 3 is 2.45 bits per heavy atom. The zero-order valence-corrected chi connectivity index (χ0v) is 14.0. The van der Waals surface area contributed by atoms with Crippen molar-refractivity contribution in [1.29, 1.82) is 0 Å². The fraction of sp³-hybridized carbons (Fsp3) is 0.222. The van der Waals surface area contributed by atoms with Gasteiger partial charge >= 0.3 is 0 Å². The summed E-state index contributed by atoms with van der Waals surface area (Å²) in [5.41, 5.74) is 8.64. The maximum Gasteiger partial charge on any atom is 0.122 e. The van der Waals surface area contributed by atoms with Gasteiger partial charge < -0.3 is 10.5 Å².